The Balaban J connectivity index is 1.19. The zero-order chi connectivity index (χ0) is 20.5. The van der Waals surface area contributed by atoms with E-state index in [1.54, 1.807) is 12.1 Å². The van der Waals surface area contributed by atoms with Gasteiger partial charge in [-0.15, -0.1) is 0 Å². The van der Waals surface area contributed by atoms with Gasteiger partial charge in [0.2, 0.25) is 0 Å². The molecule has 6 nitrogen and oxygen atoms in total. The summed E-state index contributed by atoms with van der Waals surface area (Å²) in [5.41, 5.74) is 0.825. The first-order chi connectivity index (χ1) is 14.7. The zero-order valence-corrected chi connectivity index (χ0v) is 16.7. The minimum atomic E-state index is -0.347. The molecule has 3 aliphatic rings. The lowest BCUT2D eigenvalue weighted by atomic mass is 10.0. The predicted octanol–water partition coefficient (Wildman–Crippen LogP) is 3.62. The Hall–Kier alpha value is -2.80. The number of amides is 1. The maximum atomic E-state index is 13.2. The van der Waals surface area contributed by atoms with Crippen LogP contribution in [-0.2, 0) is 4.74 Å². The molecule has 0 aliphatic carbocycles. The van der Waals surface area contributed by atoms with Crippen LogP contribution in [0.15, 0.2) is 48.5 Å². The highest BCUT2D eigenvalue weighted by atomic mass is 19.1. The van der Waals surface area contributed by atoms with E-state index in [2.05, 4.69) is 4.90 Å². The van der Waals surface area contributed by atoms with Crippen LogP contribution in [0.4, 0.5) is 9.18 Å². The first kappa shape index (κ1) is 19.2. The molecular weight excluding hydrogens is 387 g/mol. The molecule has 1 amide bonds. The summed E-state index contributed by atoms with van der Waals surface area (Å²) in [5, 5.41) is 0. The SMILES string of the molecule is O=C1OC(c2ccc(F)cc2)CN1C1CCCN(CC2COc3ccccc3O2)C1. The summed E-state index contributed by atoms with van der Waals surface area (Å²) < 4.78 is 30.7. The molecule has 0 spiro atoms. The van der Waals surface area contributed by atoms with Crippen LogP contribution in [0.25, 0.3) is 0 Å². The van der Waals surface area contributed by atoms with Crippen LogP contribution in [-0.4, -0.2) is 60.8 Å². The monoisotopic (exact) mass is 412 g/mol. The van der Waals surface area contributed by atoms with E-state index < -0.39 is 0 Å². The van der Waals surface area contributed by atoms with Crippen LogP contribution in [0, 0.1) is 5.82 Å². The van der Waals surface area contributed by atoms with E-state index in [9.17, 15) is 9.18 Å². The molecule has 0 aromatic heterocycles. The number of piperidine rings is 1. The van der Waals surface area contributed by atoms with Gasteiger partial charge in [-0.05, 0) is 49.2 Å². The van der Waals surface area contributed by atoms with Crippen molar-refractivity contribution < 1.29 is 23.4 Å². The van der Waals surface area contributed by atoms with Crippen LogP contribution >= 0.6 is 0 Å². The normalized spacial score (nSPS) is 26.5. The van der Waals surface area contributed by atoms with E-state index in [1.807, 2.05) is 29.2 Å². The number of carbonyl (C=O) groups excluding carboxylic acids is 1. The van der Waals surface area contributed by atoms with Gasteiger partial charge in [0.1, 0.15) is 24.6 Å². The Morgan fingerprint density at radius 1 is 1.00 bits per heavy atom. The lowest BCUT2D eigenvalue weighted by Crippen LogP contribution is -2.51. The highest BCUT2D eigenvalue weighted by Crippen LogP contribution is 2.32. The van der Waals surface area contributed by atoms with Crippen molar-refractivity contribution in [1.29, 1.82) is 0 Å². The average molecular weight is 412 g/mol. The minimum absolute atomic E-state index is 0.0313. The number of rotatable bonds is 4. The minimum Gasteiger partial charge on any atom is -0.486 e. The molecule has 0 N–H and O–H groups in total. The Morgan fingerprint density at radius 2 is 1.80 bits per heavy atom. The van der Waals surface area contributed by atoms with Gasteiger partial charge < -0.3 is 14.2 Å². The molecule has 5 rings (SSSR count). The van der Waals surface area contributed by atoms with E-state index in [-0.39, 0.29) is 30.2 Å². The third-order valence-corrected chi connectivity index (χ3v) is 6.03. The Kier molecular flexibility index (Phi) is 5.21. The second-order valence-corrected chi connectivity index (χ2v) is 8.13. The molecule has 2 aromatic rings. The molecule has 3 atom stereocenters. The molecule has 7 heteroatoms. The summed E-state index contributed by atoms with van der Waals surface area (Å²) in [6, 6.07) is 14.0. The van der Waals surface area contributed by atoms with Crippen LogP contribution < -0.4 is 9.47 Å². The number of benzene rings is 2. The average Bonchev–Trinajstić information content (AvgIpc) is 3.16. The maximum absolute atomic E-state index is 13.2. The van der Waals surface area contributed by atoms with Crippen LogP contribution in [0.2, 0.25) is 0 Å². The van der Waals surface area contributed by atoms with E-state index in [4.69, 9.17) is 14.2 Å². The molecule has 0 radical (unpaired) electrons. The van der Waals surface area contributed by atoms with E-state index in [0.717, 1.165) is 49.5 Å². The quantitative estimate of drug-likeness (QED) is 0.768. The van der Waals surface area contributed by atoms with Crippen LogP contribution in [0.1, 0.15) is 24.5 Å². The second kappa shape index (κ2) is 8.14. The van der Waals surface area contributed by atoms with Crippen LogP contribution in [0.5, 0.6) is 11.5 Å². The molecule has 2 saturated heterocycles. The van der Waals surface area contributed by atoms with Gasteiger partial charge in [-0.1, -0.05) is 24.3 Å². The molecular formula is C23H25FN2O4. The topological polar surface area (TPSA) is 51.2 Å². The molecule has 3 heterocycles. The van der Waals surface area contributed by atoms with Gasteiger partial charge >= 0.3 is 6.09 Å². The number of para-hydroxylation sites is 2. The highest BCUT2D eigenvalue weighted by Gasteiger charge is 2.39. The zero-order valence-electron chi connectivity index (χ0n) is 16.7. The van der Waals surface area contributed by atoms with Gasteiger partial charge in [0.05, 0.1) is 6.54 Å². The third-order valence-electron chi connectivity index (χ3n) is 6.03. The number of cyclic esters (lactones) is 1. The lowest BCUT2D eigenvalue weighted by molar-refractivity contribution is 0.0394. The van der Waals surface area contributed by atoms with Crippen molar-refractivity contribution in [3.8, 4) is 11.5 Å². The number of likely N-dealkylation sites (tertiary alicyclic amines) is 1. The molecule has 30 heavy (non-hydrogen) atoms. The van der Waals surface area contributed by atoms with Crippen molar-refractivity contribution in [3.63, 3.8) is 0 Å². The van der Waals surface area contributed by atoms with Crippen molar-refractivity contribution >= 4 is 6.09 Å². The number of halogens is 1. The van der Waals surface area contributed by atoms with Crippen molar-refractivity contribution in [1.82, 2.24) is 9.80 Å². The van der Waals surface area contributed by atoms with E-state index in [0.29, 0.717) is 13.2 Å². The molecule has 158 valence electrons. The second-order valence-electron chi connectivity index (χ2n) is 8.13. The molecule has 0 saturated carbocycles. The van der Waals surface area contributed by atoms with Gasteiger partial charge in [-0.25, -0.2) is 9.18 Å². The number of hydrogen-bond donors (Lipinski definition) is 0. The van der Waals surface area contributed by atoms with Crippen molar-refractivity contribution in [2.24, 2.45) is 0 Å². The van der Waals surface area contributed by atoms with E-state index in [1.165, 1.54) is 12.1 Å². The molecule has 3 aliphatic heterocycles. The lowest BCUT2D eigenvalue weighted by Gasteiger charge is -2.38. The highest BCUT2D eigenvalue weighted by molar-refractivity contribution is 5.70. The first-order valence-corrected chi connectivity index (χ1v) is 10.5. The standard InChI is InChI=1S/C23H25FN2O4/c24-17-9-7-16(8-10-17)22-14-26(23(27)30-22)18-4-3-11-25(12-18)13-19-15-28-20-5-1-2-6-21(20)29-19/h1-2,5-10,18-19,22H,3-4,11-15H2. The van der Waals surface area contributed by atoms with Gasteiger partial charge in [0.15, 0.2) is 11.5 Å². The Labute approximate surface area is 175 Å². The van der Waals surface area contributed by atoms with E-state index >= 15 is 0 Å². The summed E-state index contributed by atoms with van der Waals surface area (Å²) in [4.78, 5) is 16.7. The third kappa shape index (κ3) is 3.94. The van der Waals surface area contributed by atoms with Crippen molar-refractivity contribution in [2.75, 3.05) is 32.8 Å². The van der Waals surface area contributed by atoms with Gasteiger partial charge in [-0.3, -0.25) is 9.80 Å². The maximum Gasteiger partial charge on any atom is 0.410 e. The fraction of sp³-hybridized carbons (Fsp3) is 0.435. The largest absolute Gasteiger partial charge is 0.486 e. The number of hydrogen-bond acceptors (Lipinski definition) is 5. The van der Waals surface area contributed by atoms with Crippen molar-refractivity contribution in [3.05, 3.63) is 59.9 Å². The number of carbonyl (C=O) groups is 1. The van der Waals surface area contributed by atoms with Gasteiger partial charge in [0, 0.05) is 19.1 Å². The predicted molar refractivity (Wildman–Crippen MR) is 108 cm³/mol. The summed E-state index contributed by atoms with van der Waals surface area (Å²) in [6.45, 7) is 3.54. The fourth-order valence-corrected chi connectivity index (χ4v) is 4.52. The van der Waals surface area contributed by atoms with Crippen molar-refractivity contribution in [2.45, 2.75) is 31.1 Å². The summed E-state index contributed by atoms with van der Waals surface area (Å²) in [6.07, 6.45) is 1.30. The molecule has 2 aromatic carbocycles. The Bertz CT molecular complexity index is 906. The molecule has 3 unspecified atom stereocenters. The fourth-order valence-electron chi connectivity index (χ4n) is 4.52. The summed E-state index contributed by atoms with van der Waals surface area (Å²) in [5.74, 6) is 1.28. The number of nitrogens with zero attached hydrogens (tertiary/aromatic N) is 2. The Morgan fingerprint density at radius 3 is 2.63 bits per heavy atom. The number of ether oxygens (including phenoxy) is 3. The summed E-state index contributed by atoms with van der Waals surface area (Å²) in [7, 11) is 0. The molecule has 2 fully saturated rings. The van der Waals surface area contributed by atoms with Crippen LogP contribution in [0.3, 0.4) is 0 Å². The first-order valence-electron chi connectivity index (χ1n) is 10.5. The smallest absolute Gasteiger partial charge is 0.410 e. The van der Waals surface area contributed by atoms with Gasteiger partial charge in [0.25, 0.3) is 0 Å². The summed E-state index contributed by atoms with van der Waals surface area (Å²) >= 11 is 0. The van der Waals surface area contributed by atoms with Gasteiger partial charge in [-0.2, -0.15) is 0 Å². The molecule has 0 bridgehead atoms. The number of fused-ring (bicyclic) bond motifs is 1.